The van der Waals surface area contributed by atoms with Gasteiger partial charge in [0.15, 0.2) is 0 Å². The smallest absolute Gasteiger partial charge is 0.239 e. The summed E-state index contributed by atoms with van der Waals surface area (Å²) >= 11 is 6.18. The number of methoxy groups -OCH3 is 2. The van der Waals surface area contributed by atoms with Crippen LogP contribution in [0.4, 0.5) is 5.69 Å². The van der Waals surface area contributed by atoms with Crippen LogP contribution in [0.2, 0.25) is 5.02 Å². The molecule has 0 aliphatic carbocycles. The lowest BCUT2D eigenvalue weighted by Gasteiger charge is -2.21. The summed E-state index contributed by atoms with van der Waals surface area (Å²) in [4.78, 5) is 38.2. The number of benzene rings is 1. The Balaban J connectivity index is 2.06. The second-order valence-electron chi connectivity index (χ2n) is 7.58. The van der Waals surface area contributed by atoms with Crippen LogP contribution < -0.4 is 25.0 Å². The third-order valence-electron chi connectivity index (χ3n) is 4.18. The van der Waals surface area contributed by atoms with Gasteiger partial charge in [0, 0.05) is 24.6 Å². The van der Waals surface area contributed by atoms with E-state index in [9.17, 15) is 14.4 Å². The fourth-order valence-corrected chi connectivity index (χ4v) is 3.18. The first-order chi connectivity index (χ1) is 13.1. The van der Waals surface area contributed by atoms with Crippen LogP contribution in [0.1, 0.15) is 27.2 Å². The van der Waals surface area contributed by atoms with Gasteiger partial charge in [0.1, 0.15) is 11.5 Å². The zero-order valence-electron chi connectivity index (χ0n) is 16.7. The molecule has 0 radical (unpaired) electrons. The summed E-state index contributed by atoms with van der Waals surface area (Å²) in [6.07, 6.45) is 0.0412. The number of amides is 3. The van der Waals surface area contributed by atoms with Gasteiger partial charge in [0.25, 0.3) is 0 Å². The Morgan fingerprint density at radius 1 is 1.21 bits per heavy atom. The van der Waals surface area contributed by atoms with Gasteiger partial charge in [0.2, 0.25) is 17.7 Å². The quantitative estimate of drug-likeness (QED) is 0.743. The maximum atomic E-state index is 12.5. The minimum Gasteiger partial charge on any atom is -0.495 e. The fraction of sp³-hybridized carbons (Fsp3) is 0.526. The van der Waals surface area contributed by atoms with E-state index in [0.717, 1.165) is 0 Å². The van der Waals surface area contributed by atoms with Gasteiger partial charge < -0.3 is 25.0 Å². The monoisotopic (exact) mass is 411 g/mol. The zero-order chi connectivity index (χ0) is 21.1. The number of hydrogen-bond acceptors (Lipinski definition) is 5. The van der Waals surface area contributed by atoms with E-state index >= 15 is 0 Å². The van der Waals surface area contributed by atoms with E-state index in [1.54, 1.807) is 12.1 Å². The van der Waals surface area contributed by atoms with Crippen molar-refractivity contribution in [1.29, 1.82) is 0 Å². The molecule has 1 aliphatic heterocycles. The lowest BCUT2D eigenvalue weighted by Crippen LogP contribution is -2.46. The molecule has 0 saturated carbocycles. The van der Waals surface area contributed by atoms with Crippen LogP contribution in [-0.4, -0.2) is 50.6 Å². The average molecular weight is 412 g/mol. The first kappa shape index (κ1) is 21.8. The van der Waals surface area contributed by atoms with Crippen LogP contribution in [0, 0.1) is 5.92 Å². The van der Waals surface area contributed by atoms with Gasteiger partial charge in [-0.05, 0) is 26.8 Å². The summed E-state index contributed by atoms with van der Waals surface area (Å²) in [5.74, 6) is -0.586. The molecule has 1 aromatic rings. The predicted molar refractivity (Wildman–Crippen MR) is 106 cm³/mol. The van der Waals surface area contributed by atoms with Crippen LogP contribution in [0.3, 0.4) is 0 Å². The molecular weight excluding hydrogens is 386 g/mol. The maximum absolute atomic E-state index is 12.5. The molecule has 0 spiro atoms. The molecule has 1 atom stereocenters. The van der Waals surface area contributed by atoms with E-state index in [1.807, 2.05) is 20.8 Å². The van der Waals surface area contributed by atoms with Crippen LogP contribution >= 0.6 is 11.6 Å². The van der Waals surface area contributed by atoms with Crippen LogP contribution in [0.25, 0.3) is 0 Å². The van der Waals surface area contributed by atoms with Crippen molar-refractivity contribution in [2.24, 2.45) is 5.92 Å². The van der Waals surface area contributed by atoms with Crippen molar-refractivity contribution in [3.63, 3.8) is 0 Å². The molecule has 0 aromatic heterocycles. The summed E-state index contributed by atoms with van der Waals surface area (Å²) < 4.78 is 10.5. The minimum absolute atomic E-state index is 0.0412. The molecule has 9 heteroatoms. The Labute approximate surface area is 169 Å². The Kier molecular flexibility index (Phi) is 6.77. The maximum Gasteiger partial charge on any atom is 0.239 e. The molecule has 1 heterocycles. The first-order valence-electron chi connectivity index (χ1n) is 8.86. The highest BCUT2D eigenvalue weighted by Crippen LogP contribution is 2.40. The van der Waals surface area contributed by atoms with E-state index in [0.29, 0.717) is 22.2 Å². The number of anilines is 1. The molecule has 1 unspecified atom stereocenters. The Bertz CT molecular complexity index is 776. The normalized spacial score (nSPS) is 16.7. The molecular formula is C19H26ClN3O5. The summed E-state index contributed by atoms with van der Waals surface area (Å²) in [5.41, 5.74) is 0.0886. The molecule has 1 fully saturated rings. The van der Waals surface area contributed by atoms with Crippen molar-refractivity contribution < 1.29 is 23.9 Å². The third-order valence-corrected chi connectivity index (χ3v) is 4.47. The number of nitrogens with one attached hydrogen (secondary N) is 2. The van der Waals surface area contributed by atoms with Crippen LogP contribution in [0.5, 0.6) is 11.5 Å². The number of rotatable bonds is 6. The number of carbonyl (C=O) groups is 3. The van der Waals surface area contributed by atoms with E-state index < -0.39 is 5.92 Å². The topological polar surface area (TPSA) is 97.0 Å². The van der Waals surface area contributed by atoms with Gasteiger partial charge in [-0.2, -0.15) is 0 Å². The van der Waals surface area contributed by atoms with Crippen LogP contribution in [-0.2, 0) is 14.4 Å². The van der Waals surface area contributed by atoms with Crippen LogP contribution in [0.15, 0.2) is 12.1 Å². The second kappa shape index (κ2) is 8.68. The highest BCUT2D eigenvalue weighted by molar-refractivity contribution is 6.32. The molecule has 1 aromatic carbocycles. The molecule has 8 nitrogen and oxygen atoms in total. The van der Waals surface area contributed by atoms with Gasteiger partial charge in [-0.3, -0.25) is 14.4 Å². The summed E-state index contributed by atoms with van der Waals surface area (Å²) in [7, 11) is 2.96. The Morgan fingerprint density at radius 3 is 2.43 bits per heavy atom. The van der Waals surface area contributed by atoms with E-state index in [4.69, 9.17) is 21.1 Å². The number of nitrogens with zero attached hydrogens (tertiary/aromatic N) is 1. The lowest BCUT2D eigenvalue weighted by atomic mass is 10.1. The molecule has 1 aliphatic rings. The van der Waals surface area contributed by atoms with Crippen molar-refractivity contribution in [2.75, 3.05) is 32.2 Å². The Hall–Kier alpha value is -2.48. The summed E-state index contributed by atoms with van der Waals surface area (Å²) in [6, 6.07) is 3.17. The number of ether oxygens (including phenoxy) is 2. The van der Waals surface area contributed by atoms with Gasteiger partial charge in [0.05, 0.1) is 37.4 Å². The third kappa shape index (κ3) is 5.28. The van der Waals surface area contributed by atoms with Crippen molar-refractivity contribution in [3.8, 4) is 11.5 Å². The summed E-state index contributed by atoms with van der Waals surface area (Å²) in [5, 5.41) is 5.69. The lowest BCUT2D eigenvalue weighted by molar-refractivity contribution is -0.129. The first-order valence-corrected chi connectivity index (χ1v) is 9.24. The molecule has 3 amide bonds. The van der Waals surface area contributed by atoms with Gasteiger partial charge >= 0.3 is 0 Å². The molecule has 28 heavy (non-hydrogen) atoms. The van der Waals surface area contributed by atoms with Gasteiger partial charge in [-0.1, -0.05) is 11.6 Å². The van der Waals surface area contributed by atoms with Crippen molar-refractivity contribution in [1.82, 2.24) is 10.6 Å². The SMILES string of the molecule is COc1cc(OC)c(N2CC(C(=O)NCC(=O)NC(C)(C)C)CC2=O)cc1Cl. The average Bonchev–Trinajstić information content (AvgIpc) is 2.99. The van der Waals surface area contributed by atoms with Crippen molar-refractivity contribution in [2.45, 2.75) is 32.7 Å². The molecule has 2 rings (SSSR count). The minimum atomic E-state index is -0.569. The van der Waals surface area contributed by atoms with E-state index in [2.05, 4.69) is 10.6 Å². The Morgan fingerprint density at radius 2 is 1.86 bits per heavy atom. The molecule has 154 valence electrons. The highest BCUT2D eigenvalue weighted by atomic mass is 35.5. The molecule has 2 N–H and O–H groups in total. The van der Waals surface area contributed by atoms with E-state index in [1.165, 1.54) is 19.1 Å². The van der Waals surface area contributed by atoms with Crippen molar-refractivity contribution >= 4 is 35.0 Å². The van der Waals surface area contributed by atoms with Gasteiger partial charge in [-0.15, -0.1) is 0 Å². The highest BCUT2D eigenvalue weighted by Gasteiger charge is 2.36. The predicted octanol–water partition coefficient (Wildman–Crippen LogP) is 1.74. The standard InChI is InChI=1S/C19H26ClN3O5/c1-19(2,3)22-16(24)9-21-18(26)11-6-17(25)23(10-11)13-7-12(20)14(27-4)8-15(13)28-5/h7-8,11H,6,9-10H2,1-5H3,(H,21,26)(H,22,24). The van der Waals surface area contributed by atoms with Crippen molar-refractivity contribution in [3.05, 3.63) is 17.2 Å². The number of carbonyl (C=O) groups excluding carboxylic acids is 3. The number of halogens is 1. The summed E-state index contributed by atoms with van der Waals surface area (Å²) in [6.45, 7) is 5.60. The zero-order valence-corrected chi connectivity index (χ0v) is 17.5. The largest absolute Gasteiger partial charge is 0.495 e. The molecule has 0 bridgehead atoms. The molecule has 1 saturated heterocycles. The fourth-order valence-electron chi connectivity index (χ4n) is 2.95. The van der Waals surface area contributed by atoms with E-state index in [-0.39, 0.29) is 42.8 Å². The second-order valence-corrected chi connectivity index (χ2v) is 7.99. The number of hydrogen-bond donors (Lipinski definition) is 2. The van der Waals surface area contributed by atoms with Gasteiger partial charge in [-0.25, -0.2) is 0 Å².